The van der Waals surface area contributed by atoms with Crippen LogP contribution in [0, 0.1) is 11.8 Å². The van der Waals surface area contributed by atoms with Gasteiger partial charge in [-0.3, -0.25) is 0 Å². The average molecular weight is 167 g/mol. The van der Waals surface area contributed by atoms with Gasteiger partial charge in [0.25, 0.3) is 0 Å². The average Bonchev–Trinajstić information content (AvgIpc) is 1.94. The Morgan fingerprint density at radius 2 is 1.83 bits per heavy atom. The molecule has 0 heterocycles. The van der Waals surface area contributed by atoms with E-state index in [-0.39, 0.29) is 5.54 Å². The maximum absolute atomic E-state index is 3.45. The van der Waals surface area contributed by atoms with Gasteiger partial charge in [-0.05, 0) is 47.1 Å². The summed E-state index contributed by atoms with van der Waals surface area (Å²) in [6, 6.07) is 0. The summed E-state index contributed by atoms with van der Waals surface area (Å²) in [5.41, 5.74) is 0.260. The lowest BCUT2D eigenvalue weighted by Crippen LogP contribution is -2.36. The number of nitrogens with one attached hydrogen (secondary N) is 1. The molecule has 0 radical (unpaired) electrons. The van der Waals surface area contributed by atoms with Crippen molar-refractivity contribution in [2.75, 3.05) is 6.54 Å². The quantitative estimate of drug-likeness (QED) is 0.501. The maximum atomic E-state index is 3.45. The van der Waals surface area contributed by atoms with E-state index in [9.17, 15) is 0 Å². The lowest BCUT2D eigenvalue weighted by atomic mass is 10.1. The van der Waals surface area contributed by atoms with E-state index in [0.717, 1.165) is 13.0 Å². The van der Waals surface area contributed by atoms with Crippen molar-refractivity contribution in [2.24, 2.45) is 0 Å². The Morgan fingerprint density at radius 3 is 2.33 bits per heavy atom. The van der Waals surface area contributed by atoms with E-state index in [2.05, 4.69) is 37.9 Å². The Kier molecular flexibility index (Phi) is 5.84. The maximum Gasteiger partial charge on any atom is 0.00965 e. The Balaban J connectivity index is 3.15. The van der Waals surface area contributed by atoms with Crippen molar-refractivity contribution in [3.63, 3.8) is 0 Å². The van der Waals surface area contributed by atoms with Crippen molar-refractivity contribution in [1.29, 1.82) is 0 Å². The van der Waals surface area contributed by atoms with Gasteiger partial charge in [0.15, 0.2) is 0 Å². The minimum atomic E-state index is 0.260. The van der Waals surface area contributed by atoms with Gasteiger partial charge in [0, 0.05) is 12.0 Å². The SMILES string of the molecule is CC#CCCCCNC(C)(C)C. The standard InChI is InChI=1S/C11H21N/c1-5-6-7-8-9-10-12-11(2,3)4/h12H,7-10H2,1-4H3. The third-order valence-electron chi connectivity index (χ3n) is 1.56. The van der Waals surface area contributed by atoms with Crippen LogP contribution in [0.4, 0.5) is 0 Å². The van der Waals surface area contributed by atoms with Crippen molar-refractivity contribution in [3.8, 4) is 11.8 Å². The lowest BCUT2D eigenvalue weighted by Gasteiger charge is -2.20. The molecule has 0 saturated carbocycles. The minimum Gasteiger partial charge on any atom is -0.312 e. The molecule has 70 valence electrons. The zero-order valence-electron chi connectivity index (χ0n) is 8.83. The third kappa shape index (κ3) is 9.52. The molecule has 0 amide bonds. The molecule has 1 nitrogen and oxygen atoms in total. The first-order chi connectivity index (χ1) is 5.56. The van der Waals surface area contributed by atoms with E-state index in [1.54, 1.807) is 0 Å². The lowest BCUT2D eigenvalue weighted by molar-refractivity contribution is 0.419. The summed E-state index contributed by atoms with van der Waals surface area (Å²) in [7, 11) is 0. The second-order valence-electron chi connectivity index (χ2n) is 4.06. The van der Waals surface area contributed by atoms with Crippen molar-refractivity contribution in [3.05, 3.63) is 0 Å². The zero-order chi connectivity index (χ0) is 9.45. The number of hydrogen-bond acceptors (Lipinski definition) is 1. The molecule has 0 aliphatic carbocycles. The Labute approximate surface area is 76.9 Å². The van der Waals surface area contributed by atoms with Crippen LogP contribution in [0.25, 0.3) is 0 Å². The highest BCUT2D eigenvalue weighted by molar-refractivity contribution is 4.94. The predicted molar refractivity (Wildman–Crippen MR) is 55.1 cm³/mol. The van der Waals surface area contributed by atoms with E-state index in [4.69, 9.17) is 0 Å². The summed E-state index contributed by atoms with van der Waals surface area (Å²) in [6.45, 7) is 9.58. The van der Waals surface area contributed by atoms with E-state index in [1.165, 1.54) is 12.8 Å². The molecule has 0 aromatic rings. The van der Waals surface area contributed by atoms with E-state index in [1.807, 2.05) is 6.92 Å². The number of hydrogen-bond donors (Lipinski definition) is 1. The fourth-order valence-corrected chi connectivity index (χ4v) is 0.927. The van der Waals surface area contributed by atoms with Gasteiger partial charge in [0.1, 0.15) is 0 Å². The number of unbranched alkanes of at least 4 members (excludes halogenated alkanes) is 2. The molecule has 0 spiro atoms. The second-order valence-corrected chi connectivity index (χ2v) is 4.06. The van der Waals surface area contributed by atoms with Gasteiger partial charge in [-0.25, -0.2) is 0 Å². The van der Waals surface area contributed by atoms with Gasteiger partial charge >= 0.3 is 0 Å². The zero-order valence-corrected chi connectivity index (χ0v) is 8.83. The smallest absolute Gasteiger partial charge is 0.00965 e. The third-order valence-corrected chi connectivity index (χ3v) is 1.56. The summed E-state index contributed by atoms with van der Waals surface area (Å²) >= 11 is 0. The molecule has 1 heteroatoms. The van der Waals surface area contributed by atoms with Gasteiger partial charge in [-0.2, -0.15) is 0 Å². The Bertz CT molecular complexity index is 154. The summed E-state index contributed by atoms with van der Waals surface area (Å²) < 4.78 is 0. The highest BCUT2D eigenvalue weighted by atomic mass is 14.9. The van der Waals surface area contributed by atoms with E-state index >= 15 is 0 Å². The van der Waals surface area contributed by atoms with Crippen LogP contribution in [0.15, 0.2) is 0 Å². The van der Waals surface area contributed by atoms with Crippen molar-refractivity contribution in [2.45, 2.75) is 52.5 Å². The molecule has 0 bridgehead atoms. The molecule has 0 rings (SSSR count). The van der Waals surface area contributed by atoms with Crippen LogP contribution >= 0.6 is 0 Å². The highest BCUT2D eigenvalue weighted by Gasteiger charge is 2.06. The molecule has 1 N–H and O–H groups in total. The first-order valence-electron chi connectivity index (χ1n) is 4.71. The molecule has 0 aliphatic rings. The molecule has 12 heavy (non-hydrogen) atoms. The summed E-state index contributed by atoms with van der Waals surface area (Å²) in [6.07, 6.45) is 3.48. The molecule has 0 aliphatic heterocycles. The molecule has 0 aromatic carbocycles. The van der Waals surface area contributed by atoms with Crippen LogP contribution < -0.4 is 5.32 Å². The highest BCUT2D eigenvalue weighted by Crippen LogP contribution is 1.99. The van der Waals surface area contributed by atoms with Crippen molar-refractivity contribution >= 4 is 0 Å². The Hall–Kier alpha value is -0.480. The van der Waals surface area contributed by atoms with E-state index < -0.39 is 0 Å². The van der Waals surface area contributed by atoms with Gasteiger partial charge in [0.2, 0.25) is 0 Å². The monoisotopic (exact) mass is 167 g/mol. The second kappa shape index (κ2) is 6.08. The van der Waals surface area contributed by atoms with Crippen LogP contribution in [0.1, 0.15) is 47.0 Å². The first kappa shape index (κ1) is 11.5. The molecular weight excluding hydrogens is 146 g/mol. The summed E-state index contributed by atoms with van der Waals surface area (Å²) in [5, 5.41) is 3.45. The molecule has 0 aromatic heterocycles. The molecule has 0 saturated heterocycles. The Morgan fingerprint density at radius 1 is 1.17 bits per heavy atom. The molecule has 0 fully saturated rings. The van der Waals surface area contributed by atoms with Gasteiger partial charge < -0.3 is 5.32 Å². The van der Waals surface area contributed by atoms with Crippen LogP contribution in [0.3, 0.4) is 0 Å². The predicted octanol–water partition coefficient (Wildman–Crippen LogP) is 2.57. The van der Waals surface area contributed by atoms with Gasteiger partial charge in [-0.1, -0.05) is 0 Å². The summed E-state index contributed by atoms with van der Waals surface area (Å²) in [4.78, 5) is 0. The molecule has 0 unspecified atom stereocenters. The molecule has 0 atom stereocenters. The van der Waals surface area contributed by atoms with Gasteiger partial charge in [-0.15, -0.1) is 11.8 Å². The van der Waals surface area contributed by atoms with Crippen LogP contribution in [-0.2, 0) is 0 Å². The van der Waals surface area contributed by atoms with Crippen LogP contribution in [0.2, 0.25) is 0 Å². The first-order valence-corrected chi connectivity index (χ1v) is 4.71. The number of rotatable bonds is 4. The van der Waals surface area contributed by atoms with Crippen molar-refractivity contribution in [1.82, 2.24) is 5.32 Å². The minimum absolute atomic E-state index is 0.260. The largest absolute Gasteiger partial charge is 0.312 e. The summed E-state index contributed by atoms with van der Waals surface area (Å²) in [5.74, 6) is 5.97. The topological polar surface area (TPSA) is 12.0 Å². The normalized spacial score (nSPS) is 10.7. The fourth-order valence-electron chi connectivity index (χ4n) is 0.927. The van der Waals surface area contributed by atoms with Gasteiger partial charge in [0.05, 0.1) is 0 Å². The fraction of sp³-hybridized carbons (Fsp3) is 0.818. The van der Waals surface area contributed by atoms with Crippen LogP contribution in [-0.4, -0.2) is 12.1 Å². The van der Waals surface area contributed by atoms with Crippen molar-refractivity contribution < 1.29 is 0 Å². The molecular formula is C11H21N. The van der Waals surface area contributed by atoms with Crippen LogP contribution in [0.5, 0.6) is 0 Å². The van der Waals surface area contributed by atoms with E-state index in [0.29, 0.717) is 0 Å².